The number of hydrogen-bond donors (Lipinski definition) is 1. The van der Waals surface area contributed by atoms with Gasteiger partial charge in [-0.2, -0.15) is 0 Å². The molecule has 2 atom stereocenters. The molecule has 0 radical (unpaired) electrons. The molecule has 1 aromatic rings. The predicted molar refractivity (Wildman–Crippen MR) is 73.8 cm³/mol. The van der Waals surface area contributed by atoms with Gasteiger partial charge in [-0.15, -0.1) is 0 Å². The van der Waals surface area contributed by atoms with Crippen molar-refractivity contribution in [2.45, 2.75) is 24.9 Å². The molecule has 2 bridgehead atoms. The van der Waals surface area contributed by atoms with Crippen LogP contribution in [-0.2, 0) is 4.74 Å². The van der Waals surface area contributed by atoms with Crippen LogP contribution in [0.15, 0.2) is 18.2 Å². The van der Waals surface area contributed by atoms with Crippen LogP contribution in [0.5, 0.6) is 5.75 Å². The molecule has 1 N–H and O–H groups in total. The van der Waals surface area contributed by atoms with Gasteiger partial charge in [-0.3, -0.25) is 4.79 Å². The summed E-state index contributed by atoms with van der Waals surface area (Å²) in [6, 6.07) is 4.71. The van der Waals surface area contributed by atoms with Gasteiger partial charge in [-0.1, -0.05) is 0 Å². The third-order valence-electron chi connectivity index (χ3n) is 4.15. The first kappa shape index (κ1) is 13.9. The van der Waals surface area contributed by atoms with Crippen LogP contribution in [0.1, 0.15) is 33.6 Å². The van der Waals surface area contributed by atoms with Crippen LogP contribution < -0.4 is 4.74 Å². The molecule has 1 amide bonds. The van der Waals surface area contributed by atoms with Crippen LogP contribution in [0.4, 0.5) is 0 Å². The minimum atomic E-state index is -1.07. The van der Waals surface area contributed by atoms with Gasteiger partial charge < -0.3 is 19.5 Å². The minimum absolute atomic E-state index is 0.0546. The highest BCUT2D eigenvalue weighted by molar-refractivity contribution is 5.98. The molecule has 0 aromatic heterocycles. The lowest BCUT2D eigenvalue weighted by Gasteiger charge is -2.34. The normalized spacial score (nSPS) is 24.0. The first-order valence-electron chi connectivity index (χ1n) is 6.93. The van der Waals surface area contributed by atoms with E-state index in [0.717, 1.165) is 12.8 Å². The summed E-state index contributed by atoms with van der Waals surface area (Å²) < 4.78 is 10.5. The van der Waals surface area contributed by atoms with Crippen molar-refractivity contribution in [2.75, 3.05) is 20.3 Å². The van der Waals surface area contributed by atoms with E-state index in [0.29, 0.717) is 18.8 Å². The lowest BCUT2D eigenvalue weighted by Crippen LogP contribution is -2.49. The van der Waals surface area contributed by atoms with Gasteiger partial charge in [0.15, 0.2) is 0 Å². The average molecular weight is 291 g/mol. The zero-order chi connectivity index (χ0) is 15.0. The molecule has 6 heteroatoms. The molecule has 1 aromatic carbocycles. The second-order valence-corrected chi connectivity index (χ2v) is 5.36. The quantitative estimate of drug-likeness (QED) is 0.911. The largest absolute Gasteiger partial charge is 0.496 e. The summed E-state index contributed by atoms with van der Waals surface area (Å²) in [6.07, 6.45) is 1.92. The van der Waals surface area contributed by atoms with Crippen molar-refractivity contribution in [2.24, 2.45) is 0 Å². The zero-order valence-corrected chi connectivity index (χ0v) is 11.7. The second kappa shape index (κ2) is 5.37. The second-order valence-electron chi connectivity index (χ2n) is 5.36. The molecule has 2 unspecified atom stereocenters. The Morgan fingerprint density at radius 1 is 1.29 bits per heavy atom. The van der Waals surface area contributed by atoms with E-state index >= 15 is 0 Å². The third-order valence-corrected chi connectivity index (χ3v) is 4.15. The van der Waals surface area contributed by atoms with E-state index in [9.17, 15) is 9.59 Å². The Balaban J connectivity index is 1.90. The molecule has 112 valence electrons. The number of methoxy groups -OCH3 is 1. The summed E-state index contributed by atoms with van der Waals surface area (Å²) in [5, 5.41) is 9.08. The number of carbonyl (C=O) groups excluding carboxylic acids is 1. The molecule has 2 aliphatic rings. The highest BCUT2D eigenvalue weighted by Crippen LogP contribution is 2.31. The molecule has 2 aliphatic heterocycles. The van der Waals surface area contributed by atoms with Crippen molar-refractivity contribution in [1.29, 1.82) is 0 Å². The van der Waals surface area contributed by atoms with Gasteiger partial charge in [0.1, 0.15) is 11.3 Å². The average Bonchev–Trinajstić information content (AvgIpc) is 2.74. The SMILES string of the molecule is COc1cc(C(=O)N2C3CCC2COC3)ccc1C(=O)O. The van der Waals surface area contributed by atoms with Gasteiger partial charge in [0.05, 0.1) is 32.4 Å². The van der Waals surface area contributed by atoms with Crippen molar-refractivity contribution < 1.29 is 24.2 Å². The number of hydrogen-bond acceptors (Lipinski definition) is 4. The Labute approximate surface area is 122 Å². The predicted octanol–water partition coefficient (Wildman–Crippen LogP) is 1.40. The highest BCUT2D eigenvalue weighted by Gasteiger charge is 2.40. The first-order chi connectivity index (χ1) is 10.1. The maximum Gasteiger partial charge on any atom is 0.339 e. The third kappa shape index (κ3) is 2.35. The van der Waals surface area contributed by atoms with Gasteiger partial charge in [0.2, 0.25) is 0 Å². The van der Waals surface area contributed by atoms with E-state index in [2.05, 4.69) is 0 Å². The molecule has 2 fully saturated rings. The van der Waals surface area contributed by atoms with E-state index in [4.69, 9.17) is 14.6 Å². The molecule has 2 heterocycles. The molecule has 0 aliphatic carbocycles. The van der Waals surface area contributed by atoms with Crippen molar-refractivity contribution >= 4 is 11.9 Å². The van der Waals surface area contributed by atoms with E-state index in [-0.39, 0.29) is 29.3 Å². The molecule has 0 saturated carbocycles. The van der Waals surface area contributed by atoms with Crippen molar-refractivity contribution in [3.63, 3.8) is 0 Å². The topological polar surface area (TPSA) is 76.1 Å². The summed E-state index contributed by atoms with van der Waals surface area (Å²) in [4.78, 5) is 25.6. The maximum absolute atomic E-state index is 12.7. The molecule has 2 saturated heterocycles. The smallest absolute Gasteiger partial charge is 0.339 e. The van der Waals surface area contributed by atoms with Crippen LogP contribution >= 0.6 is 0 Å². The Morgan fingerprint density at radius 3 is 2.52 bits per heavy atom. The molecule has 3 rings (SSSR count). The molecule has 21 heavy (non-hydrogen) atoms. The number of ether oxygens (including phenoxy) is 2. The van der Waals surface area contributed by atoms with Crippen LogP contribution in [-0.4, -0.2) is 54.3 Å². The van der Waals surface area contributed by atoms with Gasteiger partial charge >= 0.3 is 5.97 Å². The summed E-state index contributed by atoms with van der Waals surface area (Å²) in [5.41, 5.74) is 0.509. The van der Waals surface area contributed by atoms with E-state index < -0.39 is 5.97 Å². The first-order valence-corrected chi connectivity index (χ1v) is 6.93. The van der Waals surface area contributed by atoms with Crippen LogP contribution in [0, 0.1) is 0 Å². The number of morpholine rings is 1. The number of carboxylic acid groups (broad SMARTS) is 1. The number of carbonyl (C=O) groups is 2. The van der Waals surface area contributed by atoms with E-state index in [1.807, 2.05) is 4.90 Å². The molecular weight excluding hydrogens is 274 g/mol. The van der Waals surface area contributed by atoms with Crippen molar-refractivity contribution in [3.05, 3.63) is 29.3 Å². The lowest BCUT2D eigenvalue weighted by atomic mass is 10.1. The number of amides is 1. The number of rotatable bonds is 3. The maximum atomic E-state index is 12.7. The number of carboxylic acids is 1. The van der Waals surface area contributed by atoms with Gasteiger partial charge in [0, 0.05) is 5.56 Å². The van der Waals surface area contributed by atoms with Crippen LogP contribution in [0.2, 0.25) is 0 Å². The monoisotopic (exact) mass is 291 g/mol. The summed E-state index contributed by atoms with van der Waals surface area (Å²) in [6.45, 7) is 1.15. The summed E-state index contributed by atoms with van der Waals surface area (Å²) in [7, 11) is 1.40. The number of aromatic carboxylic acids is 1. The van der Waals surface area contributed by atoms with Gasteiger partial charge in [0.25, 0.3) is 5.91 Å². The molecular formula is C15H17NO5. The number of fused-ring (bicyclic) bond motifs is 2. The highest BCUT2D eigenvalue weighted by atomic mass is 16.5. The Kier molecular flexibility index (Phi) is 3.55. The van der Waals surface area contributed by atoms with Crippen LogP contribution in [0.25, 0.3) is 0 Å². The zero-order valence-electron chi connectivity index (χ0n) is 11.7. The minimum Gasteiger partial charge on any atom is -0.496 e. The van der Waals surface area contributed by atoms with Crippen molar-refractivity contribution in [3.8, 4) is 5.75 Å². The fourth-order valence-electron chi connectivity index (χ4n) is 3.11. The fraction of sp³-hybridized carbons (Fsp3) is 0.467. The lowest BCUT2D eigenvalue weighted by molar-refractivity contribution is -0.00717. The Bertz CT molecular complexity index is 569. The van der Waals surface area contributed by atoms with E-state index in [1.165, 1.54) is 19.2 Å². The standard InChI is InChI=1S/C15H17NO5/c1-20-13-6-9(2-5-12(13)15(18)19)14(17)16-10-3-4-11(16)8-21-7-10/h2,5-6,10-11H,3-4,7-8H2,1H3,(H,18,19). The van der Waals surface area contributed by atoms with Gasteiger partial charge in [-0.05, 0) is 31.0 Å². The van der Waals surface area contributed by atoms with Crippen LogP contribution in [0.3, 0.4) is 0 Å². The molecule has 6 nitrogen and oxygen atoms in total. The Morgan fingerprint density at radius 2 is 1.95 bits per heavy atom. The Hall–Kier alpha value is -2.08. The number of nitrogens with zero attached hydrogens (tertiary/aromatic N) is 1. The fourth-order valence-corrected chi connectivity index (χ4v) is 3.11. The summed E-state index contributed by atoms with van der Waals surface area (Å²) >= 11 is 0. The number of benzene rings is 1. The van der Waals surface area contributed by atoms with E-state index in [1.54, 1.807) is 6.07 Å². The summed E-state index contributed by atoms with van der Waals surface area (Å²) in [5.74, 6) is -0.952. The van der Waals surface area contributed by atoms with Crippen molar-refractivity contribution in [1.82, 2.24) is 4.90 Å². The van der Waals surface area contributed by atoms with Gasteiger partial charge in [-0.25, -0.2) is 4.79 Å². The molecule has 0 spiro atoms.